The first kappa shape index (κ1) is 15.1. The van der Waals surface area contributed by atoms with Crippen molar-refractivity contribution in [3.63, 3.8) is 0 Å². The zero-order chi connectivity index (χ0) is 14.4. The Bertz CT molecular complexity index is 416. The maximum atomic E-state index is 10.2. The van der Waals surface area contributed by atoms with Crippen LogP contribution in [-0.4, -0.2) is 42.4 Å². The first-order valence-corrected chi connectivity index (χ1v) is 7.52. The maximum Gasteiger partial charge on any atom is 0.162 e. The van der Waals surface area contributed by atoms with Crippen LogP contribution in [-0.2, 0) is 11.3 Å². The predicted octanol–water partition coefficient (Wildman–Crippen LogP) is 2.79. The molecule has 0 saturated carbocycles. The molecule has 1 heterocycles. The molecule has 1 unspecified atom stereocenters. The van der Waals surface area contributed by atoms with Crippen LogP contribution in [0.1, 0.15) is 32.3 Å². The van der Waals surface area contributed by atoms with Gasteiger partial charge in [0.25, 0.3) is 0 Å². The molecule has 2 rings (SSSR count). The molecule has 4 heteroatoms. The number of hydrogen-bond acceptors (Lipinski definition) is 4. The summed E-state index contributed by atoms with van der Waals surface area (Å²) in [6.07, 6.45) is 2.64. The summed E-state index contributed by atoms with van der Waals surface area (Å²) in [6.45, 7) is 8.09. The highest BCUT2D eigenvalue weighted by Crippen LogP contribution is 2.30. The molecule has 1 aromatic carbocycles. The molecule has 0 radical (unpaired) electrons. The molecule has 20 heavy (non-hydrogen) atoms. The Hall–Kier alpha value is -1.26. The van der Waals surface area contributed by atoms with Crippen molar-refractivity contribution in [3.05, 3.63) is 23.8 Å². The Morgan fingerprint density at radius 3 is 2.90 bits per heavy atom. The van der Waals surface area contributed by atoms with Crippen LogP contribution < -0.4 is 4.74 Å². The van der Waals surface area contributed by atoms with Gasteiger partial charge in [-0.2, -0.15) is 0 Å². The van der Waals surface area contributed by atoms with E-state index in [9.17, 15) is 5.11 Å². The molecule has 1 N–H and O–H groups in total. The third-order valence-corrected chi connectivity index (χ3v) is 3.71. The third-order valence-electron chi connectivity index (χ3n) is 3.71. The molecule has 0 spiro atoms. The van der Waals surface area contributed by atoms with Crippen LogP contribution in [0.4, 0.5) is 0 Å². The van der Waals surface area contributed by atoms with Gasteiger partial charge in [-0.1, -0.05) is 19.1 Å². The van der Waals surface area contributed by atoms with Crippen molar-refractivity contribution in [2.45, 2.75) is 39.3 Å². The van der Waals surface area contributed by atoms with E-state index in [1.807, 2.05) is 19.1 Å². The fraction of sp³-hybridized carbons (Fsp3) is 0.625. The van der Waals surface area contributed by atoms with Crippen molar-refractivity contribution in [2.75, 3.05) is 26.3 Å². The Kier molecular flexibility index (Phi) is 5.68. The lowest BCUT2D eigenvalue weighted by molar-refractivity contribution is 0.0722. The number of phenols is 1. The lowest BCUT2D eigenvalue weighted by Gasteiger charge is -2.24. The highest BCUT2D eigenvalue weighted by molar-refractivity contribution is 5.45. The van der Waals surface area contributed by atoms with Crippen molar-refractivity contribution >= 4 is 0 Å². The zero-order valence-corrected chi connectivity index (χ0v) is 12.5. The number of hydrogen-bond donors (Lipinski definition) is 1. The summed E-state index contributed by atoms with van der Waals surface area (Å²) in [5.74, 6) is 0.832. The van der Waals surface area contributed by atoms with Gasteiger partial charge >= 0.3 is 0 Å². The van der Waals surface area contributed by atoms with Crippen molar-refractivity contribution < 1.29 is 14.6 Å². The Labute approximate surface area is 121 Å². The van der Waals surface area contributed by atoms with E-state index in [1.165, 1.54) is 0 Å². The number of phenolic OH excluding ortho intramolecular Hbond substituents is 1. The first-order chi connectivity index (χ1) is 9.74. The molecule has 1 fully saturated rings. The van der Waals surface area contributed by atoms with Gasteiger partial charge in [0.15, 0.2) is 11.5 Å². The van der Waals surface area contributed by atoms with Gasteiger partial charge < -0.3 is 14.6 Å². The lowest BCUT2D eigenvalue weighted by atomic mass is 10.1. The van der Waals surface area contributed by atoms with Crippen LogP contribution in [0.2, 0.25) is 0 Å². The third kappa shape index (κ3) is 3.87. The fourth-order valence-corrected chi connectivity index (χ4v) is 2.59. The van der Waals surface area contributed by atoms with Crippen LogP contribution in [0.25, 0.3) is 0 Å². The molecule has 0 aromatic heterocycles. The van der Waals surface area contributed by atoms with E-state index in [0.29, 0.717) is 18.5 Å². The van der Waals surface area contributed by atoms with E-state index < -0.39 is 0 Å². The lowest BCUT2D eigenvalue weighted by Crippen LogP contribution is -2.31. The van der Waals surface area contributed by atoms with Crippen molar-refractivity contribution in [2.24, 2.45) is 0 Å². The smallest absolute Gasteiger partial charge is 0.162 e. The molecule has 0 bridgehead atoms. The van der Waals surface area contributed by atoms with E-state index in [2.05, 4.69) is 11.8 Å². The van der Waals surface area contributed by atoms with Gasteiger partial charge in [-0.25, -0.2) is 0 Å². The van der Waals surface area contributed by atoms with Crippen molar-refractivity contribution in [3.8, 4) is 11.5 Å². The number of benzene rings is 1. The number of aromatic hydroxyl groups is 1. The van der Waals surface area contributed by atoms with E-state index >= 15 is 0 Å². The van der Waals surface area contributed by atoms with Crippen LogP contribution >= 0.6 is 0 Å². The monoisotopic (exact) mass is 279 g/mol. The second-order valence-electron chi connectivity index (χ2n) is 5.16. The highest BCUT2D eigenvalue weighted by Gasteiger charge is 2.19. The predicted molar refractivity (Wildman–Crippen MR) is 79.2 cm³/mol. The van der Waals surface area contributed by atoms with Gasteiger partial charge in [0.05, 0.1) is 12.7 Å². The highest BCUT2D eigenvalue weighted by atomic mass is 16.5. The summed E-state index contributed by atoms with van der Waals surface area (Å²) in [5.41, 5.74) is 0.913. The molecule has 1 aromatic rings. The van der Waals surface area contributed by atoms with Gasteiger partial charge in [-0.05, 0) is 32.4 Å². The molecule has 112 valence electrons. The summed E-state index contributed by atoms with van der Waals surface area (Å²) in [5, 5.41) is 10.2. The number of likely N-dealkylation sites (N-methyl/N-ethyl adjacent to an activating group) is 1. The van der Waals surface area contributed by atoms with E-state index in [-0.39, 0.29) is 5.75 Å². The summed E-state index contributed by atoms with van der Waals surface area (Å²) >= 11 is 0. The SMILES string of the molecule is CCOc1cccc(CN(CC)CC2CCCO2)c1O. The summed E-state index contributed by atoms with van der Waals surface area (Å²) < 4.78 is 11.1. The van der Waals surface area contributed by atoms with Crippen molar-refractivity contribution in [1.29, 1.82) is 0 Å². The van der Waals surface area contributed by atoms with Gasteiger partial charge in [-0.3, -0.25) is 4.90 Å². The molecular formula is C16H25NO3. The minimum Gasteiger partial charge on any atom is -0.504 e. The fourth-order valence-electron chi connectivity index (χ4n) is 2.59. The summed E-state index contributed by atoms with van der Waals surface area (Å²) in [7, 11) is 0. The second kappa shape index (κ2) is 7.50. The van der Waals surface area contributed by atoms with Gasteiger partial charge in [0.2, 0.25) is 0 Å². The number of rotatable bonds is 7. The van der Waals surface area contributed by atoms with Crippen LogP contribution in [0, 0.1) is 0 Å². The first-order valence-electron chi connectivity index (χ1n) is 7.52. The topological polar surface area (TPSA) is 41.9 Å². The summed E-state index contributed by atoms with van der Waals surface area (Å²) in [6, 6.07) is 5.69. The van der Waals surface area contributed by atoms with E-state index in [0.717, 1.165) is 44.6 Å². The van der Waals surface area contributed by atoms with Crippen LogP contribution in [0.3, 0.4) is 0 Å². The molecule has 1 atom stereocenters. The van der Waals surface area contributed by atoms with Gasteiger partial charge in [-0.15, -0.1) is 0 Å². The zero-order valence-electron chi connectivity index (χ0n) is 12.5. The minimum absolute atomic E-state index is 0.264. The number of para-hydroxylation sites is 1. The van der Waals surface area contributed by atoms with E-state index in [4.69, 9.17) is 9.47 Å². The quantitative estimate of drug-likeness (QED) is 0.833. The molecular weight excluding hydrogens is 254 g/mol. The average molecular weight is 279 g/mol. The van der Waals surface area contributed by atoms with E-state index in [1.54, 1.807) is 6.07 Å². The second-order valence-corrected chi connectivity index (χ2v) is 5.16. The Balaban J connectivity index is 2.00. The molecule has 0 aliphatic carbocycles. The summed E-state index contributed by atoms with van der Waals surface area (Å²) in [4.78, 5) is 2.31. The Morgan fingerprint density at radius 2 is 2.25 bits per heavy atom. The molecule has 1 aliphatic rings. The maximum absolute atomic E-state index is 10.2. The molecule has 4 nitrogen and oxygen atoms in total. The Morgan fingerprint density at radius 1 is 1.40 bits per heavy atom. The average Bonchev–Trinajstić information content (AvgIpc) is 2.95. The van der Waals surface area contributed by atoms with Crippen molar-refractivity contribution in [1.82, 2.24) is 4.90 Å². The molecule has 1 aliphatic heterocycles. The van der Waals surface area contributed by atoms with Gasteiger partial charge in [0.1, 0.15) is 0 Å². The standard InChI is InChI=1S/C16H25NO3/c1-3-17(12-14-8-6-10-20-14)11-13-7-5-9-15(16(13)18)19-4-2/h5,7,9,14,18H,3-4,6,8,10-12H2,1-2H3. The number of nitrogens with zero attached hydrogens (tertiary/aromatic N) is 1. The molecule has 1 saturated heterocycles. The largest absolute Gasteiger partial charge is 0.504 e. The minimum atomic E-state index is 0.264. The molecule has 0 amide bonds. The van der Waals surface area contributed by atoms with Gasteiger partial charge in [0, 0.05) is 25.3 Å². The normalized spacial score (nSPS) is 18.6. The van der Waals surface area contributed by atoms with Crippen LogP contribution in [0.15, 0.2) is 18.2 Å². The number of ether oxygens (including phenoxy) is 2. The van der Waals surface area contributed by atoms with Crippen LogP contribution in [0.5, 0.6) is 11.5 Å².